The highest BCUT2D eigenvalue weighted by molar-refractivity contribution is 5.89. The van der Waals surface area contributed by atoms with Crippen LogP contribution in [-0.2, 0) is 6.42 Å². The van der Waals surface area contributed by atoms with Crippen LogP contribution in [0.2, 0.25) is 0 Å². The molecule has 5 heteroatoms. The molecule has 24 heavy (non-hydrogen) atoms. The van der Waals surface area contributed by atoms with Gasteiger partial charge in [-0.1, -0.05) is 37.3 Å². The van der Waals surface area contributed by atoms with Gasteiger partial charge in [0.1, 0.15) is 5.75 Å². The van der Waals surface area contributed by atoms with Crippen LogP contribution in [0.4, 0.5) is 10.5 Å². The summed E-state index contributed by atoms with van der Waals surface area (Å²) >= 11 is 0. The Morgan fingerprint density at radius 2 is 2.08 bits per heavy atom. The zero-order valence-corrected chi connectivity index (χ0v) is 13.7. The van der Waals surface area contributed by atoms with E-state index in [1.54, 1.807) is 12.1 Å². The molecule has 0 spiro atoms. The fraction of sp³-hybridized carbons (Fsp3) is 0.316. The molecule has 1 aliphatic rings. The average Bonchev–Trinajstić information content (AvgIpc) is 2.89. The van der Waals surface area contributed by atoms with Gasteiger partial charge in [-0.25, -0.2) is 4.79 Å². The lowest BCUT2D eigenvalue weighted by molar-refractivity contribution is 0.144. The van der Waals surface area contributed by atoms with Crippen molar-refractivity contribution < 1.29 is 14.6 Å². The van der Waals surface area contributed by atoms with Gasteiger partial charge in [0.25, 0.3) is 0 Å². The van der Waals surface area contributed by atoms with E-state index in [1.807, 2.05) is 43.3 Å². The van der Waals surface area contributed by atoms with Gasteiger partial charge in [-0.2, -0.15) is 0 Å². The number of rotatable bonds is 5. The number of fused-ring (bicyclic) bond motifs is 1. The highest BCUT2D eigenvalue weighted by Crippen LogP contribution is 2.31. The van der Waals surface area contributed by atoms with Crippen molar-refractivity contribution in [2.75, 3.05) is 11.9 Å². The summed E-state index contributed by atoms with van der Waals surface area (Å²) in [6, 6.07) is 14.3. The van der Waals surface area contributed by atoms with Crippen LogP contribution in [-0.4, -0.2) is 23.8 Å². The number of nitrogens with one attached hydrogen (secondary N) is 2. The van der Waals surface area contributed by atoms with E-state index in [4.69, 9.17) is 4.74 Å². The highest BCUT2D eigenvalue weighted by Gasteiger charge is 2.31. The van der Waals surface area contributed by atoms with E-state index in [1.165, 1.54) is 0 Å². The third kappa shape index (κ3) is 3.68. The van der Waals surface area contributed by atoms with E-state index >= 15 is 0 Å². The first-order chi connectivity index (χ1) is 11.7. The summed E-state index contributed by atoms with van der Waals surface area (Å²) in [5.74, 6) is 0.723. The summed E-state index contributed by atoms with van der Waals surface area (Å²) < 4.78 is 5.56. The van der Waals surface area contributed by atoms with Gasteiger partial charge in [0, 0.05) is 18.2 Å². The molecule has 0 saturated heterocycles. The topological polar surface area (TPSA) is 70.6 Å². The summed E-state index contributed by atoms with van der Waals surface area (Å²) in [4.78, 5) is 12.3. The molecule has 126 valence electrons. The third-order valence-electron chi connectivity index (χ3n) is 4.06. The number of hydrogen-bond acceptors (Lipinski definition) is 3. The molecule has 0 aromatic heterocycles. The summed E-state index contributed by atoms with van der Waals surface area (Å²) in [6.45, 7) is 2.68. The van der Waals surface area contributed by atoms with Crippen molar-refractivity contribution in [3.8, 4) is 5.75 Å². The van der Waals surface area contributed by atoms with E-state index in [2.05, 4.69) is 10.6 Å². The quantitative estimate of drug-likeness (QED) is 0.790. The van der Waals surface area contributed by atoms with Gasteiger partial charge in [-0.15, -0.1) is 0 Å². The van der Waals surface area contributed by atoms with Gasteiger partial charge in [-0.3, -0.25) is 0 Å². The summed E-state index contributed by atoms with van der Waals surface area (Å²) in [6.07, 6.45) is 0.880. The normalized spacial score (nSPS) is 18.8. The Balaban J connectivity index is 1.64. The Morgan fingerprint density at radius 1 is 1.25 bits per heavy atom. The zero-order valence-electron chi connectivity index (χ0n) is 13.7. The smallest absolute Gasteiger partial charge is 0.319 e. The zero-order chi connectivity index (χ0) is 16.9. The second-order valence-electron chi connectivity index (χ2n) is 5.92. The van der Waals surface area contributed by atoms with Crippen molar-refractivity contribution in [3.05, 3.63) is 59.7 Å². The Morgan fingerprint density at radius 3 is 2.92 bits per heavy atom. The maximum absolute atomic E-state index is 12.3. The molecular formula is C19H22N2O3. The Kier molecular flexibility index (Phi) is 5.01. The number of hydrogen-bond donors (Lipinski definition) is 3. The minimum absolute atomic E-state index is 0.344. The molecule has 0 radical (unpaired) electrons. The predicted molar refractivity (Wildman–Crippen MR) is 93.3 cm³/mol. The molecule has 2 aromatic carbocycles. The Hall–Kier alpha value is -2.53. The van der Waals surface area contributed by atoms with Crippen molar-refractivity contribution in [2.45, 2.75) is 31.9 Å². The molecule has 1 aliphatic carbocycles. The molecule has 3 rings (SSSR count). The molecule has 0 unspecified atom stereocenters. The van der Waals surface area contributed by atoms with Crippen molar-refractivity contribution in [1.29, 1.82) is 0 Å². The second kappa shape index (κ2) is 7.36. The van der Waals surface area contributed by atoms with Gasteiger partial charge in [0.05, 0.1) is 18.8 Å². The van der Waals surface area contributed by atoms with Crippen LogP contribution < -0.4 is 15.4 Å². The lowest BCUT2D eigenvalue weighted by atomic mass is 10.1. The van der Waals surface area contributed by atoms with E-state index in [9.17, 15) is 9.90 Å². The fourth-order valence-electron chi connectivity index (χ4n) is 2.94. The fourth-order valence-corrected chi connectivity index (χ4v) is 2.94. The minimum atomic E-state index is -0.604. The van der Waals surface area contributed by atoms with Crippen LogP contribution >= 0.6 is 0 Å². The van der Waals surface area contributed by atoms with Crippen LogP contribution in [0.1, 0.15) is 30.5 Å². The largest absolute Gasteiger partial charge is 0.494 e. The summed E-state index contributed by atoms with van der Waals surface area (Å²) in [5.41, 5.74) is 2.70. The van der Waals surface area contributed by atoms with Crippen LogP contribution in [0.5, 0.6) is 5.75 Å². The molecule has 3 N–H and O–H groups in total. The molecule has 0 saturated carbocycles. The van der Waals surface area contributed by atoms with Crippen LogP contribution in [0.25, 0.3) is 0 Å². The molecule has 0 bridgehead atoms. The molecular weight excluding hydrogens is 304 g/mol. The summed E-state index contributed by atoms with van der Waals surface area (Å²) in [5, 5.41) is 15.9. The van der Waals surface area contributed by atoms with E-state index in [0.29, 0.717) is 18.7 Å². The second-order valence-corrected chi connectivity index (χ2v) is 5.92. The first-order valence-corrected chi connectivity index (χ1v) is 8.23. The third-order valence-corrected chi connectivity index (χ3v) is 4.06. The number of urea groups is 1. The summed E-state index contributed by atoms with van der Waals surface area (Å²) in [7, 11) is 0. The number of anilines is 1. The number of amides is 2. The first-order valence-electron chi connectivity index (χ1n) is 8.23. The monoisotopic (exact) mass is 326 g/mol. The molecule has 0 fully saturated rings. The van der Waals surface area contributed by atoms with Gasteiger partial charge in [-0.05, 0) is 29.7 Å². The Bertz CT molecular complexity index is 717. The number of aliphatic hydroxyl groups is 1. The van der Waals surface area contributed by atoms with E-state index in [0.717, 1.165) is 23.3 Å². The SMILES string of the molecule is CCCOc1cccc(NC(=O)N[C@H]2c3ccccc3C[C@H]2O)c1. The lowest BCUT2D eigenvalue weighted by Gasteiger charge is -2.18. The van der Waals surface area contributed by atoms with Crippen molar-refractivity contribution in [3.63, 3.8) is 0 Å². The van der Waals surface area contributed by atoms with Gasteiger partial charge in [0.2, 0.25) is 0 Å². The number of carbonyl (C=O) groups excluding carboxylic acids is 1. The molecule has 2 atom stereocenters. The molecule has 2 aromatic rings. The molecule has 5 nitrogen and oxygen atoms in total. The lowest BCUT2D eigenvalue weighted by Crippen LogP contribution is -2.36. The van der Waals surface area contributed by atoms with Crippen molar-refractivity contribution in [2.24, 2.45) is 0 Å². The van der Waals surface area contributed by atoms with E-state index in [-0.39, 0.29) is 12.1 Å². The number of aliphatic hydroxyl groups excluding tert-OH is 1. The molecule has 2 amide bonds. The highest BCUT2D eigenvalue weighted by atomic mass is 16.5. The first kappa shape index (κ1) is 16.3. The van der Waals surface area contributed by atoms with E-state index < -0.39 is 6.10 Å². The van der Waals surface area contributed by atoms with Crippen molar-refractivity contribution >= 4 is 11.7 Å². The van der Waals surface area contributed by atoms with Crippen molar-refractivity contribution in [1.82, 2.24) is 5.32 Å². The van der Waals surface area contributed by atoms with Crippen LogP contribution in [0.15, 0.2) is 48.5 Å². The van der Waals surface area contributed by atoms with Crippen LogP contribution in [0.3, 0.4) is 0 Å². The van der Waals surface area contributed by atoms with Gasteiger partial charge in [0.15, 0.2) is 0 Å². The van der Waals surface area contributed by atoms with Gasteiger partial charge >= 0.3 is 6.03 Å². The molecule has 0 aliphatic heterocycles. The maximum Gasteiger partial charge on any atom is 0.319 e. The Labute approximate surface area is 141 Å². The number of carbonyl (C=O) groups is 1. The predicted octanol–water partition coefficient (Wildman–Crippen LogP) is 3.26. The molecule has 0 heterocycles. The van der Waals surface area contributed by atoms with Crippen LogP contribution in [0, 0.1) is 0 Å². The minimum Gasteiger partial charge on any atom is -0.494 e. The maximum atomic E-state index is 12.3. The number of benzene rings is 2. The average molecular weight is 326 g/mol. The standard InChI is InChI=1S/C19H22N2O3/c1-2-10-24-15-8-5-7-14(12-15)20-19(23)21-18-16-9-4-3-6-13(16)11-17(18)22/h3-9,12,17-18,22H,2,10-11H2,1H3,(H2,20,21,23)/t17-,18+/m1/s1. The number of ether oxygens (including phenoxy) is 1. The van der Waals surface area contributed by atoms with Gasteiger partial charge < -0.3 is 20.5 Å².